The first-order valence-corrected chi connectivity index (χ1v) is 8.14. The molecular formula is C21H20N2O2. The lowest BCUT2D eigenvalue weighted by atomic mass is 10.1. The fourth-order valence-corrected chi connectivity index (χ4v) is 2.59. The SMILES string of the molecule is Cc1cccc(OCC(=O)N/N=C/c2cccc3ccccc23)c1C. The van der Waals surface area contributed by atoms with Gasteiger partial charge in [0.15, 0.2) is 6.61 Å². The van der Waals surface area contributed by atoms with Crippen LogP contribution in [0.15, 0.2) is 65.8 Å². The summed E-state index contributed by atoms with van der Waals surface area (Å²) in [5, 5.41) is 6.27. The highest BCUT2D eigenvalue weighted by Gasteiger charge is 2.05. The third-order valence-corrected chi connectivity index (χ3v) is 4.13. The van der Waals surface area contributed by atoms with Crippen LogP contribution in [0.3, 0.4) is 0 Å². The summed E-state index contributed by atoms with van der Waals surface area (Å²) in [6.45, 7) is 3.91. The molecule has 0 atom stereocenters. The van der Waals surface area contributed by atoms with E-state index in [0.29, 0.717) is 5.75 Å². The number of fused-ring (bicyclic) bond motifs is 1. The summed E-state index contributed by atoms with van der Waals surface area (Å²) in [5.41, 5.74) is 5.63. The fourth-order valence-electron chi connectivity index (χ4n) is 2.59. The maximum Gasteiger partial charge on any atom is 0.277 e. The Labute approximate surface area is 147 Å². The van der Waals surface area contributed by atoms with E-state index in [4.69, 9.17) is 4.74 Å². The highest BCUT2D eigenvalue weighted by molar-refractivity contribution is 5.99. The molecule has 0 aliphatic carbocycles. The van der Waals surface area contributed by atoms with Gasteiger partial charge in [0, 0.05) is 5.56 Å². The minimum Gasteiger partial charge on any atom is -0.483 e. The van der Waals surface area contributed by atoms with Crippen molar-refractivity contribution in [1.82, 2.24) is 5.43 Å². The zero-order valence-electron chi connectivity index (χ0n) is 14.3. The number of ether oxygens (including phenoxy) is 1. The van der Waals surface area contributed by atoms with Gasteiger partial charge in [0.25, 0.3) is 5.91 Å². The first-order chi connectivity index (χ1) is 12.1. The third-order valence-electron chi connectivity index (χ3n) is 4.13. The van der Waals surface area contributed by atoms with Gasteiger partial charge >= 0.3 is 0 Å². The highest BCUT2D eigenvalue weighted by atomic mass is 16.5. The number of hydrogen-bond acceptors (Lipinski definition) is 3. The van der Waals surface area contributed by atoms with Crippen LogP contribution in [0, 0.1) is 13.8 Å². The number of nitrogens with zero attached hydrogens (tertiary/aromatic N) is 1. The summed E-state index contributed by atoms with van der Waals surface area (Å²) < 4.78 is 5.57. The first-order valence-electron chi connectivity index (χ1n) is 8.14. The fraction of sp³-hybridized carbons (Fsp3) is 0.143. The molecule has 25 heavy (non-hydrogen) atoms. The molecule has 4 heteroatoms. The number of amides is 1. The smallest absolute Gasteiger partial charge is 0.277 e. The van der Waals surface area contributed by atoms with Crippen molar-refractivity contribution in [1.29, 1.82) is 0 Å². The number of hydrogen-bond donors (Lipinski definition) is 1. The summed E-state index contributed by atoms with van der Waals surface area (Å²) in [6.07, 6.45) is 1.65. The lowest BCUT2D eigenvalue weighted by Gasteiger charge is -2.09. The number of nitrogens with one attached hydrogen (secondary N) is 1. The van der Waals surface area contributed by atoms with Crippen molar-refractivity contribution in [3.05, 3.63) is 77.4 Å². The molecule has 0 unspecified atom stereocenters. The average molecular weight is 332 g/mol. The van der Waals surface area contributed by atoms with Gasteiger partial charge in [-0.25, -0.2) is 5.43 Å². The van der Waals surface area contributed by atoms with Crippen LogP contribution in [0.1, 0.15) is 16.7 Å². The summed E-state index contributed by atoms with van der Waals surface area (Å²) in [7, 11) is 0. The number of carbonyl (C=O) groups is 1. The van der Waals surface area contributed by atoms with Gasteiger partial charge in [0.05, 0.1) is 6.21 Å². The van der Waals surface area contributed by atoms with Crippen LogP contribution in [-0.4, -0.2) is 18.7 Å². The molecule has 3 aromatic carbocycles. The maximum atomic E-state index is 11.9. The van der Waals surface area contributed by atoms with Crippen LogP contribution in [-0.2, 0) is 4.79 Å². The van der Waals surface area contributed by atoms with Crippen LogP contribution >= 0.6 is 0 Å². The Morgan fingerprint density at radius 2 is 1.80 bits per heavy atom. The lowest BCUT2D eigenvalue weighted by Crippen LogP contribution is -2.24. The predicted octanol–water partition coefficient (Wildman–Crippen LogP) is 3.99. The second kappa shape index (κ2) is 7.62. The molecule has 0 aromatic heterocycles. The molecule has 0 saturated heterocycles. The zero-order valence-corrected chi connectivity index (χ0v) is 14.3. The molecule has 126 valence electrons. The number of rotatable bonds is 5. The Hall–Kier alpha value is -3.14. The van der Waals surface area contributed by atoms with Crippen molar-refractivity contribution in [2.24, 2.45) is 5.10 Å². The van der Waals surface area contributed by atoms with Crippen LogP contribution in [0.25, 0.3) is 10.8 Å². The largest absolute Gasteiger partial charge is 0.483 e. The van der Waals surface area contributed by atoms with Gasteiger partial charge in [-0.1, -0.05) is 54.6 Å². The summed E-state index contributed by atoms with van der Waals surface area (Å²) >= 11 is 0. The molecule has 0 bridgehead atoms. The monoisotopic (exact) mass is 332 g/mol. The number of carbonyl (C=O) groups excluding carboxylic acids is 1. The van der Waals surface area contributed by atoms with Crippen molar-refractivity contribution in [3.63, 3.8) is 0 Å². The Bertz CT molecular complexity index is 927. The van der Waals surface area contributed by atoms with E-state index in [1.54, 1.807) is 6.21 Å². The summed E-state index contributed by atoms with van der Waals surface area (Å²) in [4.78, 5) is 11.9. The highest BCUT2D eigenvalue weighted by Crippen LogP contribution is 2.20. The maximum absolute atomic E-state index is 11.9. The van der Waals surface area contributed by atoms with Crippen LogP contribution in [0.5, 0.6) is 5.75 Å². The van der Waals surface area contributed by atoms with E-state index < -0.39 is 0 Å². The molecule has 0 aliphatic heterocycles. The molecular weight excluding hydrogens is 312 g/mol. The lowest BCUT2D eigenvalue weighted by molar-refractivity contribution is -0.123. The van der Waals surface area contributed by atoms with Crippen LogP contribution < -0.4 is 10.2 Å². The Morgan fingerprint density at radius 3 is 2.68 bits per heavy atom. The molecule has 0 heterocycles. The van der Waals surface area contributed by atoms with Crippen molar-refractivity contribution in [2.75, 3.05) is 6.61 Å². The van der Waals surface area contributed by atoms with Crippen molar-refractivity contribution in [3.8, 4) is 5.75 Å². The van der Waals surface area contributed by atoms with Gasteiger partial charge in [-0.2, -0.15) is 5.10 Å². The minimum atomic E-state index is -0.294. The molecule has 0 aliphatic rings. The first kappa shape index (κ1) is 16.7. The van der Waals surface area contributed by atoms with E-state index >= 15 is 0 Å². The average Bonchev–Trinajstić information content (AvgIpc) is 2.63. The Balaban J connectivity index is 1.60. The van der Waals surface area contributed by atoms with Gasteiger partial charge in [-0.15, -0.1) is 0 Å². The molecule has 0 spiro atoms. The van der Waals surface area contributed by atoms with Gasteiger partial charge in [0.2, 0.25) is 0 Å². The van der Waals surface area contributed by atoms with Crippen LogP contribution in [0.2, 0.25) is 0 Å². The number of benzene rings is 3. The second-order valence-electron chi connectivity index (χ2n) is 5.85. The van der Waals surface area contributed by atoms with E-state index in [-0.39, 0.29) is 12.5 Å². The predicted molar refractivity (Wildman–Crippen MR) is 101 cm³/mol. The molecule has 4 nitrogen and oxygen atoms in total. The van der Waals surface area contributed by atoms with Gasteiger partial charge in [-0.05, 0) is 41.8 Å². The van der Waals surface area contributed by atoms with Crippen molar-refractivity contribution in [2.45, 2.75) is 13.8 Å². The Kier molecular flexibility index (Phi) is 5.09. The normalized spacial score (nSPS) is 11.0. The molecule has 3 aromatic rings. The quantitative estimate of drug-likeness (QED) is 0.567. The molecule has 0 fully saturated rings. The second-order valence-corrected chi connectivity index (χ2v) is 5.85. The van der Waals surface area contributed by atoms with E-state index in [9.17, 15) is 4.79 Å². The third kappa shape index (κ3) is 4.04. The van der Waals surface area contributed by atoms with Gasteiger partial charge in [-0.3, -0.25) is 4.79 Å². The number of hydrazone groups is 1. The van der Waals surface area contributed by atoms with Gasteiger partial charge < -0.3 is 4.74 Å². The molecule has 0 radical (unpaired) electrons. The topological polar surface area (TPSA) is 50.7 Å². The number of aryl methyl sites for hydroxylation is 1. The van der Waals surface area contributed by atoms with E-state index in [1.807, 2.05) is 74.5 Å². The van der Waals surface area contributed by atoms with E-state index in [2.05, 4.69) is 10.5 Å². The molecule has 1 amide bonds. The molecule has 0 saturated carbocycles. The van der Waals surface area contributed by atoms with Crippen molar-refractivity contribution < 1.29 is 9.53 Å². The van der Waals surface area contributed by atoms with Crippen molar-refractivity contribution >= 4 is 22.9 Å². The minimum absolute atomic E-state index is 0.0723. The summed E-state index contributed by atoms with van der Waals surface area (Å²) in [6, 6.07) is 19.8. The standard InChI is InChI=1S/C21H20N2O2/c1-15-7-5-12-20(16(15)2)25-14-21(24)23-22-13-18-10-6-9-17-8-3-4-11-19(17)18/h3-13H,14H2,1-2H3,(H,23,24)/b22-13+. The zero-order chi connectivity index (χ0) is 17.6. The molecule has 1 N–H and O–H groups in total. The van der Waals surface area contributed by atoms with E-state index in [1.165, 1.54) is 0 Å². The summed E-state index contributed by atoms with van der Waals surface area (Å²) in [5.74, 6) is 0.422. The Morgan fingerprint density at radius 1 is 1.04 bits per heavy atom. The van der Waals surface area contributed by atoms with Crippen LogP contribution in [0.4, 0.5) is 0 Å². The van der Waals surface area contributed by atoms with Gasteiger partial charge in [0.1, 0.15) is 5.75 Å². The van der Waals surface area contributed by atoms with E-state index in [0.717, 1.165) is 27.5 Å². The molecule has 3 rings (SSSR count).